The van der Waals surface area contributed by atoms with Crippen molar-refractivity contribution < 1.29 is 26.4 Å². The highest BCUT2D eigenvalue weighted by molar-refractivity contribution is 7.89. The maximum atomic E-state index is 13.0. The molecule has 1 amide bonds. The summed E-state index contributed by atoms with van der Waals surface area (Å²) in [6.07, 6.45) is -2.67. The fraction of sp³-hybridized carbons (Fsp3) is 0.368. The van der Waals surface area contributed by atoms with Crippen LogP contribution in [0.25, 0.3) is 0 Å². The third-order valence-electron chi connectivity index (χ3n) is 4.74. The van der Waals surface area contributed by atoms with E-state index in [1.807, 2.05) is 0 Å². The molecule has 0 saturated carbocycles. The first kappa shape index (κ1) is 22.5. The number of aromatic nitrogens is 1. The molecular weight excluding hydrogens is 443 g/mol. The molecule has 0 unspecified atom stereocenters. The van der Waals surface area contributed by atoms with Gasteiger partial charge in [-0.2, -0.15) is 17.5 Å². The summed E-state index contributed by atoms with van der Waals surface area (Å²) < 4.78 is 66.0. The number of hydrogen-bond acceptors (Lipinski definition) is 4. The van der Waals surface area contributed by atoms with Gasteiger partial charge in [0.25, 0.3) is 0 Å². The van der Waals surface area contributed by atoms with Gasteiger partial charge in [-0.05, 0) is 36.8 Å². The Hall–Kier alpha value is -2.17. The lowest BCUT2D eigenvalue weighted by Crippen LogP contribution is -2.38. The number of benzene rings is 1. The van der Waals surface area contributed by atoms with Crippen LogP contribution in [0.4, 0.5) is 13.2 Å². The van der Waals surface area contributed by atoms with Crippen molar-refractivity contribution in [1.29, 1.82) is 0 Å². The number of halogens is 4. The molecule has 6 nitrogen and oxygen atoms in total. The van der Waals surface area contributed by atoms with Gasteiger partial charge in [-0.25, -0.2) is 8.42 Å². The summed E-state index contributed by atoms with van der Waals surface area (Å²) in [5, 5.41) is -0.282. The Morgan fingerprint density at radius 3 is 2.53 bits per heavy atom. The Balaban J connectivity index is 1.75. The number of carbonyl (C=O) groups is 1. The number of carbonyl (C=O) groups excluding carboxylic acids is 1. The molecule has 2 aromatic rings. The van der Waals surface area contributed by atoms with Crippen LogP contribution in [0.5, 0.6) is 0 Å². The summed E-state index contributed by atoms with van der Waals surface area (Å²) in [6.45, 7) is 0.501. The first-order valence-corrected chi connectivity index (χ1v) is 11.0. The molecule has 1 aliphatic heterocycles. The van der Waals surface area contributed by atoms with Gasteiger partial charge in [-0.15, -0.1) is 0 Å². The van der Waals surface area contributed by atoms with E-state index in [1.54, 1.807) is 24.4 Å². The second kappa shape index (κ2) is 8.91. The van der Waals surface area contributed by atoms with Crippen molar-refractivity contribution in [2.24, 2.45) is 0 Å². The summed E-state index contributed by atoms with van der Waals surface area (Å²) in [5.74, 6) is -0.190. The van der Waals surface area contributed by atoms with Crippen LogP contribution in [0.1, 0.15) is 17.7 Å². The highest BCUT2D eigenvalue weighted by Crippen LogP contribution is 2.34. The smallest absolute Gasteiger partial charge is 0.341 e. The Labute approximate surface area is 177 Å². The molecule has 0 radical (unpaired) electrons. The molecule has 11 heteroatoms. The van der Waals surface area contributed by atoms with E-state index in [4.69, 9.17) is 11.6 Å². The largest absolute Gasteiger partial charge is 0.416 e. The minimum absolute atomic E-state index is 0.0388. The number of sulfonamides is 1. The van der Waals surface area contributed by atoms with Crippen molar-refractivity contribution in [1.82, 2.24) is 14.2 Å². The third-order valence-corrected chi connectivity index (χ3v) is 7.12. The molecule has 0 spiro atoms. The van der Waals surface area contributed by atoms with Crippen LogP contribution in [0.2, 0.25) is 5.02 Å². The number of amides is 1. The zero-order chi connectivity index (χ0) is 21.9. The predicted molar refractivity (Wildman–Crippen MR) is 104 cm³/mol. The molecule has 1 aromatic carbocycles. The van der Waals surface area contributed by atoms with Crippen molar-refractivity contribution in [3.63, 3.8) is 0 Å². The fourth-order valence-corrected chi connectivity index (χ4v) is 5.14. The molecule has 1 aromatic heterocycles. The lowest BCUT2D eigenvalue weighted by atomic mass is 10.2. The van der Waals surface area contributed by atoms with Crippen LogP contribution < -0.4 is 0 Å². The summed E-state index contributed by atoms with van der Waals surface area (Å²) in [7, 11) is -4.26. The van der Waals surface area contributed by atoms with Gasteiger partial charge in [0.05, 0.1) is 17.0 Å². The van der Waals surface area contributed by atoms with Crippen molar-refractivity contribution in [3.05, 3.63) is 58.9 Å². The van der Waals surface area contributed by atoms with Gasteiger partial charge in [0.1, 0.15) is 4.90 Å². The average molecular weight is 462 g/mol. The molecule has 0 bridgehead atoms. The van der Waals surface area contributed by atoms with Gasteiger partial charge in [0.15, 0.2) is 0 Å². The van der Waals surface area contributed by atoms with Gasteiger partial charge in [0.2, 0.25) is 15.9 Å². The minimum atomic E-state index is -4.69. The number of hydrogen-bond donors (Lipinski definition) is 0. The van der Waals surface area contributed by atoms with Crippen LogP contribution in [0, 0.1) is 0 Å². The summed E-state index contributed by atoms with van der Waals surface area (Å²) in [5.41, 5.74) is -0.487. The zero-order valence-electron chi connectivity index (χ0n) is 15.8. The quantitative estimate of drug-likeness (QED) is 0.701. The Kier molecular flexibility index (Phi) is 6.68. The number of pyridine rings is 1. The Morgan fingerprint density at radius 2 is 1.87 bits per heavy atom. The monoisotopic (exact) mass is 461 g/mol. The molecule has 1 aliphatic rings. The summed E-state index contributed by atoms with van der Waals surface area (Å²) >= 11 is 5.92. The van der Waals surface area contributed by atoms with Crippen LogP contribution in [-0.4, -0.2) is 54.7 Å². The average Bonchev–Trinajstić information content (AvgIpc) is 2.95. The summed E-state index contributed by atoms with van der Waals surface area (Å²) in [4.78, 5) is 17.6. The minimum Gasteiger partial charge on any atom is -0.341 e. The van der Waals surface area contributed by atoms with Crippen LogP contribution in [-0.2, 0) is 27.4 Å². The normalized spacial score (nSPS) is 16.3. The molecule has 0 aliphatic carbocycles. The molecule has 30 heavy (non-hydrogen) atoms. The topological polar surface area (TPSA) is 70.6 Å². The van der Waals surface area contributed by atoms with E-state index in [0.717, 1.165) is 16.4 Å². The van der Waals surface area contributed by atoms with E-state index in [1.165, 1.54) is 4.90 Å². The Morgan fingerprint density at radius 1 is 1.10 bits per heavy atom. The zero-order valence-corrected chi connectivity index (χ0v) is 17.3. The highest BCUT2D eigenvalue weighted by atomic mass is 35.5. The van der Waals surface area contributed by atoms with Gasteiger partial charge >= 0.3 is 6.18 Å². The van der Waals surface area contributed by atoms with Gasteiger partial charge in [0, 0.05) is 38.1 Å². The first-order chi connectivity index (χ1) is 14.1. The number of nitrogens with zero attached hydrogens (tertiary/aromatic N) is 3. The third kappa shape index (κ3) is 5.11. The van der Waals surface area contributed by atoms with E-state index in [9.17, 15) is 26.4 Å². The molecule has 0 N–H and O–H groups in total. The fourth-order valence-electron chi connectivity index (χ4n) is 3.17. The van der Waals surface area contributed by atoms with Crippen molar-refractivity contribution in [2.75, 3.05) is 26.2 Å². The van der Waals surface area contributed by atoms with E-state index < -0.39 is 26.7 Å². The van der Waals surface area contributed by atoms with Crippen molar-refractivity contribution in [2.45, 2.75) is 23.9 Å². The molecule has 3 rings (SSSR count). The van der Waals surface area contributed by atoms with E-state index in [2.05, 4.69) is 4.98 Å². The molecule has 1 fully saturated rings. The molecule has 1 saturated heterocycles. The number of rotatable bonds is 4. The van der Waals surface area contributed by atoms with Gasteiger partial charge in [-0.3, -0.25) is 9.78 Å². The molecule has 162 valence electrons. The second-order valence-corrected chi connectivity index (χ2v) is 9.09. The first-order valence-electron chi connectivity index (χ1n) is 9.13. The summed E-state index contributed by atoms with van der Waals surface area (Å²) in [6, 6.07) is 7.45. The van der Waals surface area contributed by atoms with Crippen LogP contribution in [0.3, 0.4) is 0 Å². The van der Waals surface area contributed by atoms with Crippen LogP contribution >= 0.6 is 11.6 Å². The van der Waals surface area contributed by atoms with E-state index in [0.29, 0.717) is 24.7 Å². The van der Waals surface area contributed by atoms with Crippen molar-refractivity contribution >= 4 is 27.5 Å². The molecular formula is C19H19ClF3N3O3S. The second-order valence-electron chi connectivity index (χ2n) is 6.78. The highest BCUT2D eigenvalue weighted by Gasteiger charge is 2.35. The molecule has 0 atom stereocenters. The standard InChI is InChI=1S/C19H19ClF3N3O3S/c20-16-6-5-14(19(21,22)23)12-17(16)30(28,29)26-9-3-8-25(10-11-26)18(27)13-15-4-1-2-7-24-15/h1-2,4-7,12H,3,8-11,13H2. The van der Waals surface area contributed by atoms with Gasteiger partial charge < -0.3 is 4.90 Å². The molecule has 2 heterocycles. The Bertz CT molecular complexity index is 1020. The maximum Gasteiger partial charge on any atom is 0.416 e. The lowest BCUT2D eigenvalue weighted by Gasteiger charge is -2.22. The van der Waals surface area contributed by atoms with Crippen molar-refractivity contribution in [3.8, 4) is 0 Å². The maximum absolute atomic E-state index is 13.0. The van der Waals surface area contributed by atoms with Crippen LogP contribution in [0.15, 0.2) is 47.5 Å². The van der Waals surface area contributed by atoms with E-state index in [-0.39, 0.29) is 37.0 Å². The SMILES string of the molecule is O=C(Cc1ccccn1)N1CCCN(S(=O)(=O)c2cc(C(F)(F)F)ccc2Cl)CC1. The lowest BCUT2D eigenvalue weighted by molar-refractivity contribution is -0.137. The van der Waals surface area contributed by atoms with E-state index >= 15 is 0 Å². The van der Waals surface area contributed by atoms with Gasteiger partial charge in [-0.1, -0.05) is 17.7 Å². The number of alkyl halides is 3. The predicted octanol–water partition coefficient (Wildman–Crippen LogP) is 3.22.